The van der Waals surface area contributed by atoms with Gasteiger partial charge in [0.1, 0.15) is 0 Å². The maximum atomic E-state index is 11.3. The number of ketones is 1. The van der Waals surface area contributed by atoms with Gasteiger partial charge >= 0.3 is 0 Å². The predicted molar refractivity (Wildman–Crippen MR) is 57.5 cm³/mol. The molecule has 0 saturated heterocycles. The highest BCUT2D eigenvalue weighted by atomic mass is 35.5. The van der Waals surface area contributed by atoms with E-state index in [1.165, 1.54) is 0 Å². The van der Waals surface area contributed by atoms with Crippen molar-refractivity contribution in [2.45, 2.75) is 20.3 Å². The molecule has 0 fully saturated rings. The van der Waals surface area contributed by atoms with Crippen molar-refractivity contribution in [3.05, 3.63) is 29.3 Å². The van der Waals surface area contributed by atoms with Gasteiger partial charge in [-0.1, -0.05) is 19.1 Å². The van der Waals surface area contributed by atoms with E-state index in [1.807, 2.05) is 26.0 Å². The molecule has 0 aromatic heterocycles. The highest BCUT2D eigenvalue weighted by Gasteiger charge is 2.07. The quantitative estimate of drug-likeness (QED) is 0.588. The molecule has 0 saturated carbocycles. The number of rotatable bonds is 2. The van der Waals surface area contributed by atoms with E-state index in [-0.39, 0.29) is 18.2 Å². The molecule has 0 spiro atoms. The van der Waals surface area contributed by atoms with Crippen LogP contribution in [0.2, 0.25) is 0 Å². The number of carbonyl (C=O) groups is 1. The van der Waals surface area contributed by atoms with Gasteiger partial charge in [-0.15, -0.1) is 12.4 Å². The first-order valence-corrected chi connectivity index (χ1v) is 4.05. The summed E-state index contributed by atoms with van der Waals surface area (Å²) < 4.78 is 0. The van der Waals surface area contributed by atoms with Gasteiger partial charge < -0.3 is 5.73 Å². The van der Waals surface area contributed by atoms with Gasteiger partial charge in [0.2, 0.25) is 0 Å². The fourth-order valence-corrected chi connectivity index (χ4v) is 1.11. The molecule has 0 aliphatic rings. The zero-order chi connectivity index (χ0) is 9.14. The fraction of sp³-hybridized carbons (Fsp3) is 0.300. The maximum absolute atomic E-state index is 11.3. The van der Waals surface area contributed by atoms with E-state index in [0.717, 1.165) is 5.56 Å². The number of hydrogen-bond acceptors (Lipinski definition) is 2. The molecule has 2 N–H and O–H groups in total. The number of aryl methyl sites for hydroxylation is 1. The van der Waals surface area contributed by atoms with Gasteiger partial charge in [0, 0.05) is 17.7 Å². The Morgan fingerprint density at radius 3 is 2.62 bits per heavy atom. The standard InChI is InChI=1S/C10H13NO.ClH/c1-3-9(12)8-6-4-5-7(2)10(8)11;/h4-6H,3,11H2,1-2H3;1H. The van der Waals surface area contributed by atoms with Gasteiger partial charge in [0.15, 0.2) is 5.78 Å². The summed E-state index contributed by atoms with van der Waals surface area (Å²) in [6, 6.07) is 5.53. The molecule has 1 aromatic carbocycles. The SMILES string of the molecule is CCC(=O)c1cccc(C)c1N.Cl. The third-order valence-corrected chi connectivity index (χ3v) is 1.95. The number of anilines is 1. The van der Waals surface area contributed by atoms with E-state index in [2.05, 4.69) is 0 Å². The summed E-state index contributed by atoms with van der Waals surface area (Å²) >= 11 is 0. The van der Waals surface area contributed by atoms with Crippen molar-refractivity contribution in [2.75, 3.05) is 5.73 Å². The summed E-state index contributed by atoms with van der Waals surface area (Å²) in [6.45, 7) is 3.74. The van der Waals surface area contributed by atoms with Gasteiger partial charge in [-0.05, 0) is 18.6 Å². The normalized spacial score (nSPS) is 9.08. The summed E-state index contributed by atoms with van der Waals surface area (Å²) in [6.07, 6.45) is 0.508. The lowest BCUT2D eigenvalue weighted by molar-refractivity contribution is 0.0989. The predicted octanol–water partition coefficient (Wildman–Crippen LogP) is 2.59. The van der Waals surface area contributed by atoms with Crippen molar-refractivity contribution >= 4 is 23.9 Å². The zero-order valence-electron chi connectivity index (χ0n) is 7.83. The first-order valence-electron chi connectivity index (χ1n) is 4.05. The van der Waals surface area contributed by atoms with Gasteiger partial charge in [-0.3, -0.25) is 4.79 Å². The van der Waals surface area contributed by atoms with Crippen LogP contribution in [0.5, 0.6) is 0 Å². The number of nitrogens with two attached hydrogens (primary N) is 1. The largest absolute Gasteiger partial charge is 0.398 e. The van der Waals surface area contributed by atoms with Crippen LogP contribution in [0, 0.1) is 6.92 Å². The molecule has 0 radical (unpaired) electrons. The average Bonchev–Trinajstić information content (AvgIpc) is 2.08. The lowest BCUT2D eigenvalue weighted by Gasteiger charge is -2.04. The van der Waals surface area contributed by atoms with Crippen molar-refractivity contribution in [1.29, 1.82) is 0 Å². The van der Waals surface area contributed by atoms with Crippen LogP contribution in [0.25, 0.3) is 0 Å². The molecule has 1 aromatic rings. The molecule has 13 heavy (non-hydrogen) atoms. The smallest absolute Gasteiger partial charge is 0.164 e. The van der Waals surface area contributed by atoms with Crippen molar-refractivity contribution < 1.29 is 4.79 Å². The van der Waals surface area contributed by atoms with E-state index in [4.69, 9.17) is 5.73 Å². The molecule has 0 unspecified atom stereocenters. The molecule has 0 amide bonds. The maximum Gasteiger partial charge on any atom is 0.164 e. The Balaban J connectivity index is 0.00000144. The number of carbonyl (C=O) groups excluding carboxylic acids is 1. The lowest BCUT2D eigenvalue weighted by atomic mass is 10.0. The van der Waals surface area contributed by atoms with Crippen molar-refractivity contribution in [3.63, 3.8) is 0 Å². The Morgan fingerprint density at radius 2 is 2.08 bits per heavy atom. The van der Waals surface area contributed by atoms with Gasteiger partial charge in [-0.2, -0.15) is 0 Å². The number of hydrogen-bond donors (Lipinski definition) is 1. The van der Waals surface area contributed by atoms with Crippen LogP contribution in [0.3, 0.4) is 0 Å². The van der Waals surface area contributed by atoms with Crippen LogP contribution in [-0.2, 0) is 0 Å². The Bertz CT molecular complexity index is 310. The number of para-hydroxylation sites is 1. The molecule has 0 bridgehead atoms. The first kappa shape index (κ1) is 12.0. The molecule has 3 heteroatoms. The highest BCUT2D eigenvalue weighted by molar-refractivity contribution is 6.01. The monoisotopic (exact) mass is 199 g/mol. The molecule has 0 aliphatic carbocycles. The van der Waals surface area contributed by atoms with Crippen molar-refractivity contribution in [3.8, 4) is 0 Å². The third kappa shape index (κ3) is 2.46. The van der Waals surface area contributed by atoms with Crippen LogP contribution < -0.4 is 5.73 Å². The lowest BCUT2D eigenvalue weighted by Crippen LogP contribution is -2.03. The third-order valence-electron chi connectivity index (χ3n) is 1.95. The van der Waals surface area contributed by atoms with E-state index in [9.17, 15) is 4.79 Å². The van der Waals surface area contributed by atoms with Gasteiger partial charge in [0.05, 0.1) is 0 Å². The molecule has 0 atom stereocenters. The topological polar surface area (TPSA) is 43.1 Å². The minimum absolute atomic E-state index is 0. The van der Waals surface area contributed by atoms with Crippen LogP contribution in [-0.4, -0.2) is 5.78 Å². The molecule has 0 aliphatic heterocycles. The zero-order valence-corrected chi connectivity index (χ0v) is 8.65. The Hall–Kier alpha value is -1.02. The Morgan fingerprint density at radius 1 is 1.46 bits per heavy atom. The minimum atomic E-state index is 0. The number of nitrogen functional groups attached to an aromatic ring is 1. The van der Waals surface area contributed by atoms with Crippen LogP contribution in [0.4, 0.5) is 5.69 Å². The minimum Gasteiger partial charge on any atom is -0.398 e. The molecular weight excluding hydrogens is 186 g/mol. The molecule has 72 valence electrons. The van der Waals surface area contributed by atoms with Crippen molar-refractivity contribution in [2.24, 2.45) is 0 Å². The van der Waals surface area contributed by atoms with Gasteiger partial charge in [0.25, 0.3) is 0 Å². The number of Topliss-reactive ketones (excluding diaryl/α,β-unsaturated/α-hetero) is 1. The Kier molecular flexibility index (Phi) is 4.49. The van der Waals surface area contributed by atoms with E-state index < -0.39 is 0 Å². The second kappa shape index (κ2) is 4.87. The van der Waals surface area contributed by atoms with E-state index in [1.54, 1.807) is 6.07 Å². The number of halogens is 1. The molecule has 2 nitrogen and oxygen atoms in total. The number of benzene rings is 1. The van der Waals surface area contributed by atoms with Crippen LogP contribution >= 0.6 is 12.4 Å². The molecular formula is C10H14ClNO. The summed E-state index contributed by atoms with van der Waals surface area (Å²) in [5.74, 6) is 0.108. The summed E-state index contributed by atoms with van der Waals surface area (Å²) in [5.41, 5.74) is 7.97. The summed E-state index contributed by atoms with van der Waals surface area (Å²) in [5, 5.41) is 0. The summed E-state index contributed by atoms with van der Waals surface area (Å²) in [7, 11) is 0. The fourth-order valence-electron chi connectivity index (χ4n) is 1.11. The highest BCUT2D eigenvalue weighted by Crippen LogP contribution is 2.17. The van der Waals surface area contributed by atoms with Gasteiger partial charge in [-0.25, -0.2) is 0 Å². The summed E-state index contributed by atoms with van der Waals surface area (Å²) in [4.78, 5) is 11.3. The van der Waals surface area contributed by atoms with E-state index >= 15 is 0 Å². The van der Waals surface area contributed by atoms with Crippen LogP contribution in [0.1, 0.15) is 29.3 Å². The molecule has 1 rings (SSSR count). The average molecular weight is 200 g/mol. The van der Waals surface area contributed by atoms with E-state index in [0.29, 0.717) is 17.7 Å². The van der Waals surface area contributed by atoms with Crippen LogP contribution in [0.15, 0.2) is 18.2 Å². The second-order valence-electron chi connectivity index (χ2n) is 2.81. The van der Waals surface area contributed by atoms with Crippen molar-refractivity contribution in [1.82, 2.24) is 0 Å². The second-order valence-corrected chi connectivity index (χ2v) is 2.81. The Labute approximate surface area is 84.5 Å². The molecule has 0 heterocycles. The first-order chi connectivity index (χ1) is 5.66.